The Morgan fingerprint density at radius 2 is 2.00 bits per heavy atom. The highest BCUT2D eigenvalue weighted by Crippen LogP contribution is 2.22. The Kier molecular flexibility index (Phi) is 7.61. The van der Waals surface area contributed by atoms with Crippen molar-refractivity contribution in [3.8, 4) is 0 Å². The van der Waals surface area contributed by atoms with Crippen molar-refractivity contribution in [2.75, 3.05) is 40.3 Å². The van der Waals surface area contributed by atoms with Crippen LogP contribution in [0.5, 0.6) is 0 Å². The third-order valence-electron chi connectivity index (χ3n) is 3.35. The summed E-state index contributed by atoms with van der Waals surface area (Å²) in [5.41, 5.74) is 7.29. The highest BCUT2D eigenvalue weighted by molar-refractivity contribution is 9.10. The molecule has 0 bridgehead atoms. The van der Waals surface area contributed by atoms with Gasteiger partial charge in [0.05, 0.1) is 0 Å². The molecule has 0 amide bonds. The van der Waals surface area contributed by atoms with E-state index >= 15 is 0 Å². The molecule has 0 radical (unpaired) electrons. The lowest BCUT2D eigenvalue weighted by Gasteiger charge is -2.30. The van der Waals surface area contributed by atoms with Gasteiger partial charge in [0, 0.05) is 23.6 Å². The monoisotopic (exact) mass is 327 g/mol. The Balaban J connectivity index is 2.69. The molecule has 1 aromatic carbocycles. The number of benzene rings is 1. The zero-order chi connectivity index (χ0) is 14.3. The van der Waals surface area contributed by atoms with Gasteiger partial charge in [-0.25, -0.2) is 0 Å². The van der Waals surface area contributed by atoms with Gasteiger partial charge in [-0.1, -0.05) is 35.0 Å². The van der Waals surface area contributed by atoms with Gasteiger partial charge in [-0.05, 0) is 51.3 Å². The summed E-state index contributed by atoms with van der Waals surface area (Å²) in [4.78, 5) is 4.69. The van der Waals surface area contributed by atoms with Crippen molar-refractivity contribution < 1.29 is 0 Å². The number of nitrogens with two attached hydrogens (primary N) is 1. The van der Waals surface area contributed by atoms with Crippen molar-refractivity contribution in [1.29, 1.82) is 0 Å². The average molecular weight is 328 g/mol. The van der Waals surface area contributed by atoms with E-state index in [-0.39, 0.29) is 0 Å². The van der Waals surface area contributed by atoms with Crippen LogP contribution < -0.4 is 5.73 Å². The lowest BCUT2D eigenvalue weighted by molar-refractivity contribution is 0.201. The fourth-order valence-corrected chi connectivity index (χ4v) is 2.75. The van der Waals surface area contributed by atoms with E-state index in [1.54, 1.807) is 0 Å². The second-order valence-corrected chi connectivity index (χ2v) is 6.01. The van der Waals surface area contributed by atoms with Gasteiger partial charge in [-0.3, -0.25) is 4.90 Å². The van der Waals surface area contributed by atoms with Crippen LogP contribution in [0.4, 0.5) is 0 Å². The number of rotatable bonds is 8. The van der Waals surface area contributed by atoms with Crippen LogP contribution >= 0.6 is 15.9 Å². The molecule has 3 nitrogen and oxygen atoms in total. The molecule has 0 saturated carbocycles. The molecule has 19 heavy (non-hydrogen) atoms. The molecular formula is C15H26BrN3. The minimum absolute atomic E-state index is 0.310. The van der Waals surface area contributed by atoms with Crippen molar-refractivity contribution in [3.63, 3.8) is 0 Å². The zero-order valence-corrected chi connectivity index (χ0v) is 13.9. The molecule has 1 aromatic rings. The van der Waals surface area contributed by atoms with Crippen LogP contribution in [0.2, 0.25) is 0 Å². The Morgan fingerprint density at radius 1 is 1.26 bits per heavy atom. The molecule has 2 N–H and O–H groups in total. The lowest BCUT2D eigenvalue weighted by atomic mass is 10.1. The van der Waals surface area contributed by atoms with E-state index in [2.05, 4.69) is 71.0 Å². The summed E-state index contributed by atoms with van der Waals surface area (Å²) >= 11 is 3.54. The Morgan fingerprint density at radius 3 is 2.53 bits per heavy atom. The van der Waals surface area contributed by atoms with Gasteiger partial charge in [0.1, 0.15) is 0 Å². The summed E-state index contributed by atoms with van der Waals surface area (Å²) in [6, 6.07) is 8.78. The van der Waals surface area contributed by atoms with Crippen LogP contribution in [-0.2, 0) is 0 Å². The summed E-state index contributed by atoms with van der Waals surface area (Å²) < 4.78 is 1.12. The maximum absolute atomic E-state index is 6.00. The Labute approximate surface area is 125 Å². The zero-order valence-electron chi connectivity index (χ0n) is 12.3. The standard InChI is InChI=1S/C15H26BrN3/c1-4-19(10-6-9-18(2)3)15(12-17)13-7-5-8-14(16)11-13/h5,7-8,11,15H,4,6,9-10,12,17H2,1-3H3. The van der Waals surface area contributed by atoms with Crippen LogP contribution in [0.15, 0.2) is 28.7 Å². The highest BCUT2D eigenvalue weighted by atomic mass is 79.9. The first-order valence-electron chi connectivity index (χ1n) is 6.92. The smallest absolute Gasteiger partial charge is 0.0470 e. The molecule has 1 unspecified atom stereocenters. The van der Waals surface area contributed by atoms with Crippen LogP contribution in [0.1, 0.15) is 24.9 Å². The second kappa shape index (κ2) is 8.69. The Hall–Kier alpha value is -0.420. The van der Waals surface area contributed by atoms with Gasteiger partial charge >= 0.3 is 0 Å². The van der Waals surface area contributed by atoms with Crippen molar-refractivity contribution in [3.05, 3.63) is 34.3 Å². The molecule has 0 fully saturated rings. The number of likely N-dealkylation sites (N-methyl/N-ethyl adjacent to an activating group) is 1. The van der Waals surface area contributed by atoms with E-state index in [0.29, 0.717) is 12.6 Å². The molecule has 0 aliphatic heterocycles. The maximum atomic E-state index is 6.00. The lowest BCUT2D eigenvalue weighted by Crippen LogP contribution is -2.35. The predicted molar refractivity (Wildman–Crippen MR) is 86.4 cm³/mol. The third kappa shape index (κ3) is 5.61. The van der Waals surface area contributed by atoms with Gasteiger partial charge in [-0.2, -0.15) is 0 Å². The summed E-state index contributed by atoms with van der Waals surface area (Å²) in [5.74, 6) is 0. The molecule has 1 atom stereocenters. The molecule has 1 rings (SSSR count). The molecule has 0 spiro atoms. The van der Waals surface area contributed by atoms with Crippen molar-refractivity contribution >= 4 is 15.9 Å². The topological polar surface area (TPSA) is 32.5 Å². The number of halogens is 1. The number of hydrogen-bond donors (Lipinski definition) is 1. The largest absolute Gasteiger partial charge is 0.329 e. The van der Waals surface area contributed by atoms with Gasteiger partial charge in [0.15, 0.2) is 0 Å². The summed E-state index contributed by atoms with van der Waals surface area (Å²) in [7, 11) is 4.23. The fourth-order valence-electron chi connectivity index (χ4n) is 2.33. The summed E-state index contributed by atoms with van der Waals surface area (Å²) in [6.45, 7) is 6.10. The molecule has 0 aliphatic rings. The molecule has 108 valence electrons. The van der Waals surface area contributed by atoms with Crippen LogP contribution in [0, 0.1) is 0 Å². The van der Waals surface area contributed by atoms with Crippen LogP contribution in [0.25, 0.3) is 0 Å². The van der Waals surface area contributed by atoms with Crippen molar-refractivity contribution in [2.45, 2.75) is 19.4 Å². The van der Waals surface area contributed by atoms with E-state index in [4.69, 9.17) is 5.73 Å². The van der Waals surface area contributed by atoms with E-state index in [9.17, 15) is 0 Å². The molecule has 0 heterocycles. The molecule has 0 aliphatic carbocycles. The third-order valence-corrected chi connectivity index (χ3v) is 3.85. The normalized spacial score (nSPS) is 13.2. The van der Waals surface area contributed by atoms with E-state index < -0.39 is 0 Å². The minimum Gasteiger partial charge on any atom is -0.329 e. The van der Waals surface area contributed by atoms with Crippen LogP contribution in [-0.4, -0.2) is 50.1 Å². The van der Waals surface area contributed by atoms with Gasteiger partial charge in [0.25, 0.3) is 0 Å². The SMILES string of the molecule is CCN(CCCN(C)C)C(CN)c1cccc(Br)c1. The quantitative estimate of drug-likeness (QED) is 0.796. The first kappa shape index (κ1) is 16.6. The van der Waals surface area contributed by atoms with Crippen LogP contribution in [0.3, 0.4) is 0 Å². The predicted octanol–water partition coefficient (Wildman–Crippen LogP) is 2.72. The van der Waals surface area contributed by atoms with Gasteiger partial charge in [-0.15, -0.1) is 0 Å². The second-order valence-electron chi connectivity index (χ2n) is 5.09. The summed E-state index contributed by atoms with van der Waals surface area (Å²) in [5, 5.41) is 0. The molecule has 4 heteroatoms. The highest BCUT2D eigenvalue weighted by Gasteiger charge is 2.17. The number of hydrogen-bond acceptors (Lipinski definition) is 3. The van der Waals surface area contributed by atoms with Crippen molar-refractivity contribution in [1.82, 2.24) is 9.80 Å². The first-order valence-corrected chi connectivity index (χ1v) is 7.72. The molecular weight excluding hydrogens is 302 g/mol. The minimum atomic E-state index is 0.310. The fraction of sp³-hybridized carbons (Fsp3) is 0.600. The van der Waals surface area contributed by atoms with E-state index in [1.165, 1.54) is 12.0 Å². The van der Waals surface area contributed by atoms with E-state index in [1.807, 2.05) is 0 Å². The number of nitrogens with zero attached hydrogens (tertiary/aromatic N) is 2. The maximum Gasteiger partial charge on any atom is 0.0470 e. The average Bonchev–Trinajstić information content (AvgIpc) is 2.37. The molecule has 0 aromatic heterocycles. The summed E-state index contributed by atoms with van der Waals surface area (Å²) in [6.07, 6.45) is 1.17. The van der Waals surface area contributed by atoms with Gasteiger partial charge in [0.2, 0.25) is 0 Å². The molecule has 0 saturated heterocycles. The van der Waals surface area contributed by atoms with Gasteiger partial charge < -0.3 is 10.6 Å². The van der Waals surface area contributed by atoms with E-state index in [0.717, 1.165) is 24.1 Å². The van der Waals surface area contributed by atoms with Crippen molar-refractivity contribution in [2.24, 2.45) is 5.73 Å². The Bertz CT molecular complexity index is 368. The first-order chi connectivity index (χ1) is 9.08.